The van der Waals surface area contributed by atoms with Gasteiger partial charge < -0.3 is 4.42 Å². The highest BCUT2D eigenvalue weighted by atomic mass is 35.5. The molecule has 2 amide bonds. The van der Waals surface area contributed by atoms with Crippen molar-refractivity contribution in [2.45, 2.75) is 19.4 Å². The number of hydrogen-bond donors (Lipinski definition) is 2. The third-order valence-electron chi connectivity index (χ3n) is 3.76. The minimum absolute atomic E-state index is 0.0185. The lowest BCUT2D eigenvalue weighted by molar-refractivity contribution is -0.128. The first-order valence-electron chi connectivity index (χ1n) is 7.93. The second-order valence-corrected chi connectivity index (χ2v) is 6.07. The standard InChI is InChI=1S/C18H16ClN3O4/c19-13-7-5-12(6-8-13)11-17(24)21-20-16(23)9-10-22-14-3-1-2-4-15(14)26-18(22)25/h1-8H,9-11H2,(H,20,23)(H,21,24). The maximum Gasteiger partial charge on any atom is 0.419 e. The Balaban J connectivity index is 1.49. The minimum atomic E-state index is -0.522. The summed E-state index contributed by atoms with van der Waals surface area (Å²) in [6, 6.07) is 13.8. The topological polar surface area (TPSA) is 93.3 Å². The molecular formula is C18H16ClN3O4. The SMILES string of the molecule is O=C(CCn1c(=O)oc2ccccc21)NNC(=O)Cc1ccc(Cl)cc1. The lowest BCUT2D eigenvalue weighted by Crippen LogP contribution is -2.42. The fourth-order valence-electron chi connectivity index (χ4n) is 2.47. The van der Waals surface area contributed by atoms with Crippen LogP contribution in [0, 0.1) is 0 Å². The fourth-order valence-corrected chi connectivity index (χ4v) is 2.60. The van der Waals surface area contributed by atoms with E-state index >= 15 is 0 Å². The highest BCUT2D eigenvalue weighted by Gasteiger charge is 2.11. The minimum Gasteiger partial charge on any atom is -0.408 e. The van der Waals surface area contributed by atoms with Gasteiger partial charge in [0.15, 0.2) is 5.58 Å². The lowest BCUT2D eigenvalue weighted by Gasteiger charge is -2.08. The van der Waals surface area contributed by atoms with Gasteiger partial charge in [-0.15, -0.1) is 0 Å². The molecule has 0 unspecified atom stereocenters. The molecule has 7 nitrogen and oxygen atoms in total. The van der Waals surface area contributed by atoms with Crippen molar-refractivity contribution in [3.63, 3.8) is 0 Å². The van der Waals surface area contributed by atoms with E-state index in [2.05, 4.69) is 10.9 Å². The van der Waals surface area contributed by atoms with Crippen molar-refractivity contribution in [1.29, 1.82) is 0 Å². The normalized spacial score (nSPS) is 10.7. The Morgan fingerprint density at radius 2 is 1.69 bits per heavy atom. The van der Waals surface area contributed by atoms with Gasteiger partial charge in [0.25, 0.3) is 0 Å². The number of nitrogens with one attached hydrogen (secondary N) is 2. The molecule has 0 saturated carbocycles. The summed E-state index contributed by atoms with van der Waals surface area (Å²) in [7, 11) is 0. The number of aryl methyl sites for hydroxylation is 1. The molecule has 0 atom stereocenters. The molecule has 134 valence electrons. The van der Waals surface area contributed by atoms with E-state index in [0.29, 0.717) is 16.1 Å². The molecule has 2 N–H and O–H groups in total. The second kappa shape index (κ2) is 7.88. The van der Waals surface area contributed by atoms with Gasteiger partial charge in [0, 0.05) is 18.0 Å². The number of rotatable bonds is 5. The first-order chi connectivity index (χ1) is 12.5. The summed E-state index contributed by atoms with van der Waals surface area (Å²) < 4.78 is 6.48. The van der Waals surface area contributed by atoms with Crippen molar-refractivity contribution in [3.05, 3.63) is 69.7 Å². The van der Waals surface area contributed by atoms with E-state index < -0.39 is 11.7 Å². The molecule has 8 heteroatoms. The second-order valence-electron chi connectivity index (χ2n) is 5.64. The molecule has 3 aromatic rings. The zero-order valence-corrected chi connectivity index (χ0v) is 14.5. The third kappa shape index (κ3) is 4.31. The maximum atomic E-state index is 11.9. The van der Waals surface area contributed by atoms with Crippen molar-refractivity contribution >= 4 is 34.5 Å². The van der Waals surface area contributed by atoms with Crippen LogP contribution in [0.1, 0.15) is 12.0 Å². The monoisotopic (exact) mass is 373 g/mol. The van der Waals surface area contributed by atoms with E-state index in [1.165, 1.54) is 4.57 Å². The Kier molecular flexibility index (Phi) is 5.38. The van der Waals surface area contributed by atoms with Gasteiger partial charge >= 0.3 is 5.76 Å². The van der Waals surface area contributed by atoms with Gasteiger partial charge in [0.2, 0.25) is 11.8 Å². The number of aromatic nitrogens is 1. The first-order valence-corrected chi connectivity index (χ1v) is 8.31. The van der Waals surface area contributed by atoms with E-state index in [-0.39, 0.29) is 25.3 Å². The number of carbonyl (C=O) groups excluding carboxylic acids is 2. The van der Waals surface area contributed by atoms with Crippen LogP contribution in [-0.4, -0.2) is 16.4 Å². The molecule has 1 heterocycles. The number of halogens is 1. The van der Waals surface area contributed by atoms with Crippen molar-refractivity contribution in [2.75, 3.05) is 0 Å². The predicted molar refractivity (Wildman–Crippen MR) is 96.5 cm³/mol. The Morgan fingerprint density at radius 1 is 1.00 bits per heavy atom. The van der Waals surface area contributed by atoms with Crippen LogP contribution < -0.4 is 16.6 Å². The summed E-state index contributed by atoms with van der Waals surface area (Å²) in [5.41, 5.74) is 6.54. The molecule has 0 aliphatic rings. The molecule has 1 aromatic heterocycles. The highest BCUT2D eigenvalue weighted by Crippen LogP contribution is 2.12. The summed E-state index contributed by atoms with van der Waals surface area (Å²) in [5.74, 6) is -1.29. The molecule has 0 aliphatic carbocycles. The van der Waals surface area contributed by atoms with Crippen LogP contribution in [0.5, 0.6) is 0 Å². The number of oxazole rings is 1. The lowest BCUT2D eigenvalue weighted by atomic mass is 10.1. The summed E-state index contributed by atoms with van der Waals surface area (Å²) in [6.07, 6.45) is 0.133. The predicted octanol–water partition coefficient (Wildman–Crippen LogP) is 2.03. The van der Waals surface area contributed by atoms with Crippen molar-refractivity contribution < 1.29 is 14.0 Å². The number of amides is 2. The zero-order chi connectivity index (χ0) is 18.5. The molecule has 0 radical (unpaired) electrons. The molecule has 0 fully saturated rings. The van der Waals surface area contributed by atoms with Crippen LogP contribution in [0.25, 0.3) is 11.1 Å². The zero-order valence-electron chi connectivity index (χ0n) is 13.7. The van der Waals surface area contributed by atoms with E-state index in [1.54, 1.807) is 48.5 Å². The number of nitrogens with zero attached hydrogens (tertiary/aromatic N) is 1. The van der Waals surface area contributed by atoms with Crippen molar-refractivity contribution in [1.82, 2.24) is 15.4 Å². The average molecular weight is 374 g/mol. The fraction of sp³-hybridized carbons (Fsp3) is 0.167. The Bertz CT molecular complexity index is 992. The number of hydrogen-bond acceptors (Lipinski definition) is 4. The Hall–Kier alpha value is -3.06. The van der Waals surface area contributed by atoms with Gasteiger partial charge in [-0.05, 0) is 29.8 Å². The number of benzene rings is 2. The van der Waals surface area contributed by atoms with E-state index in [0.717, 1.165) is 5.56 Å². The number of para-hydroxylation sites is 2. The summed E-state index contributed by atoms with van der Waals surface area (Å²) >= 11 is 5.79. The highest BCUT2D eigenvalue weighted by molar-refractivity contribution is 6.30. The molecular weight excluding hydrogens is 358 g/mol. The van der Waals surface area contributed by atoms with Gasteiger partial charge in [-0.3, -0.25) is 25.0 Å². The van der Waals surface area contributed by atoms with Crippen molar-refractivity contribution in [3.8, 4) is 0 Å². The van der Waals surface area contributed by atoms with Crippen LogP contribution in [0.4, 0.5) is 0 Å². The largest absolute Gasteiger partial charge is 0.419 e. The van der Waals surface area contributed by atoms with E-state index in [4.69, 9.17) is 16.0 Å². The Labute approximate surface area is 153 Å². The molecule has 0 saturated heterocycles. The van der Waals surface area contributed by atoms with Crippen LogP contribution in [0.3, 0.4) is 0 Å². The molecule has 0 aliphatic heterocycles. The van der Waals surface area contributed by atoms with Crippen LogP contribution in [0.15, 0.2) is 57.7 Å². The van der Waals surface area contributed by atoms with Crippen LogP contribution >= 0.6 is 11.6 Å². The molecule has 0 bridgehead atoms. The Morgan fingerprint density at radius 3 is 2.46 bits per heavy atom. The van der Waals surface area contributed by atoms with Gasteiger partial charge in [0.05, 0.1) is 11.9 Å². The summed E-state index contributed by atoms with van der Waals surface area (Å²) in [6.45, 7) is 0.148. The van der Waals surface area contributed by atoms with Crippen LogP contribution in [0.2, 0.25) is 5.02 Å². The number of fused-ring (bicyclic) bond motifs is 1. The molecule has 0 spiro atoms. The van der Waals surface area contributed by atoms with Gasteiger partial charge in [0.1, 0.15) is 0 Å². The molecule has 26 heavy (non-hydrogen) atoms. The maximum absolute atomic E-state index is 11.9. The van der Waals surface area contributed by atoms with Gasteiger partial charge in [-0.25, -0.2) is 4.79 Å². The number of hydrazine groups is 1. The van der Waals surface area contributed by atoms with E-state index in [9.17, 15) is 14.4 Å². The average Bonchev–Trinajstić information content (AvgIpc) is 2.95. The number of carbonyl (C=O) groups is 2. The first kappa shape index (κ1) is 17.8. The smallest absolute Gasteiger partial charge is 0.408 e. The van der Waals surface area contributed by atoms with Gasteiger partial charge in [-0.2, -0.15) is 0 Å². The molecule has 2 aromatic carbocycles. The van der Waals surface area contributed by atoms with Crippen molar-refractivity contribution in [2.24, 2.45) is 0 Å². The summed E-state index contributed by atoms with van der Waals surface area (Å²) in [5, 5.41) is 0.587. The van der Waals surface area contributed by atoms with Gasteiger partial charge in [-0.1, -0.05) is 35.9 Å². The van der Waals surface area contributed by atoms with E-state index in [1.807, 2.05) is 0 Å². The summed E-state index contributed by atoms with van der Waals surface area (Å²) in [4.78, 5) is 35.6. The van der Waals surface area contributed by atoms with Crippen LogP contribution in [-0.2, 0) is 22.6 Å². The molecule has 3 rings (SSSR count). The third-order valence-corrected chi connectivity index (χ3v) is 4.01. The quantitative estimate of drug-likeness (QED) is 0.669.